The van der Waals surface area contributed by atoms with Gasteiger partial charge in [0.1, 0.15) is 0 Å². The Kier molecular flexibility index (Phi) is 3.78. The van der Waals surface area contributed by atoms with Crippen LogP contribution in [0.2, 0.25) is 10.0 Å². The molecule has 1 aromatic rings. The lowest BCUT2D eigenvalue weighted by atomic mass is 9.98. The first kappa shape index (κ1) is 11.3. The molecule has 1 aromatic carbocycles. The van der Waals surface area contributed by atoms with Gasteiger partial charge in [0.15, 0.2) is 0 Å². The third-order valence-electron chi connectivity index (χ3n) is 1.97. The summed E-state index contributed by atoms with van der Waals surface area (Å²) in [5, 5.41) is 9.70. The molecular formula is C10H10Cl2O2. The number of halogens is 2. The Labute approximate surface area is 92.5 Å². The average Bonchev–Trinajstić information content (AvgIpc) is 2.01. The number of benzene rings is 1. The maximum absolute atomic E-state index is 10.5. The molecule has 14 heavy (non-hydrogen) atoms. The van der Waals surface area contributed by atoms with E-state index in [1.807, 2.05) is 6.92 Å². The molecule has 0 bridgehead atoms. The zero-order valence-corrected chi connectivity index (χ0v) is 9.14. The van der Waals surface area contributed by atoms with Crippen molar-refractivity contribution in [2.24, 2.45) is 0 Å². The molecule has 0 aliphatic heterocycles. The van der Waals surface area contributed by atoms with Gasteiger partial charge in [-0.05, 0) is 23.6 Å². The number of carbonyl (C=O) groups is 1. The monoisotopic (exact) mass is 232 g/mol. The molecule has 1 atom stereocenters. The minimum atomic E-state index is -0.830. The highest BCUT2D eigenvalue weighted by atomic mass is 35.5. The Morgan fingerprint density at radius 2 is 2.14 bits per heavy atom. The molecule has 0 radical (unpaired) electrons. The van der Waals surface area contributed by atoms with Crippen LogP contribution in [0, 0.1) is 0 Å². The number of carboxylic acid groups (broad SMARTS) is 1. The lowest BCUT2D eigenvalue weighted by Gasteiger charge is -2.11. The quantitative estimate of drug-likeness (QED) is 0.866. The number of hydrogen-bond acceptors (Lipinski definition) is 1. The second-order valence-electron chi connectivity index (χ2n) is 3.16. The molecule has 0 aliphatic carbocycles. The first-order chi connectivity index (χ1) is 6.50. The van der Waals surface area contributed by atoms with Gasteiger partial charge in [0.2, 0.25) is 0 Å². The van der Waals surface area contributed by atoms with E-state index in [1.165, 1.54) is 0 Å². The minimum absolute atomic E-state index is 0.0708. The Bertz CT molecular complexity index is 350. The van der Waals surface area contributed by atoms with Gasteiger partial charge in [-0.1, -0.05) is 36.2 Å². The zero-order valence-electron chi connectivity index (χ0n) is 7.63. The summed E-state index contributed by atoms with van der Waals surface area (Å²) in [6, 6.07) is 5.09. The molecular weight excluding hydrogens is 223 g/mol. The van der Waals surface area contributed by atoms with Gasteiger partial charge in [-0.2, -0.15) is 0 Å². The molecule has 0 amide bonds. The number of rotatable bonds is 3. The Morgan fingerprint density at radius 1 is 1.50 bits per heavy atom. The van der Waals surface area contributed by atoms with E-state index >= 15 is 0 Å². The molecule has 0 aromatic heterocycles. The summed E-state index contributed by atoms with van der Waals surface area (Å²) < 4.78 is 0. The third-order valence-corrected chi connectivity index (χ3v) is 2.54. The van der Waals surface area contributed by atoms with Gasteiger partial charge in [-0.25, -0.2) is 0 Å². The number of hydrogen-bond donors (Lipinski definition) is 1. The number of aliphatic carboxylic acids is 1. The highest BCUT2D eigenvalue weighted by Crippen LogP contribution is 2.29. The highest BCUT2D eigenvalue weighted by molar-refractivity contribution is 6.35. The molecule has 1 rings (SSSR count). The van der Waals surface area contributed by atoms with E-state index in [0.717, 1.165) is 5.56 Å². The SMILES string of the molecule is CC(CC(=O)O)c1ccc(Cl)cc1Cl. The first-order valence-corrected chi connectivity index (χ1v) is 4.93. The van der Waals surface area contributed by atoms with Gasteiger partial charge in [-0.3, -0.25) is 4.79 Å². The van der Waals surface area contributed by atoms with Gasteiger partial charge in [-0.15, -0.1) is 0 Å². The second kappa shape index (κ2) is 4.67. The first-order valence-electron chi connectivity index (χ1n) is 4.17. The van der Waals surface area contributed by atoms with Crippen LogP contribution in [0.4, 0.5) is 0 Å². The van der Waals surface area contributed by atoms with Gasteiger partial charge in [0.05, 0.1) is 6.42 Å². The summed E-state index contributed by atoms with van der Waals surface area (Å²) in [4.78, 5) is 10.5. The van der Waals surface area contributed by atoms with Crippen LogP contribution >= 0.6 is 23.2 Å². The maximum atomic E-state index is 10.5. The lowest BCUT2D eigenvalue weighted by molar-refractivity contribution is -0.137. The van der Waals surface area contributed by atoms with E-state index in [9.17, 15) is 4.79 Å². The summed E-state index contributed by atoms with van der Waals surface area (Å²) in [7, 11) is 0. The zero-order chi connectivity index (χ0) is 10.7. The smallest absolute Gasteiger partial charge is 0.303 e. The van der Waals surface area contributed by atoms with E-state index in [-0.39, 0.29) is 12.3 Å². The van der Waals surface area contributed by atoms with E-state index in [1.54, 1.807) is 18.2 Å². The molecule has 0 saturated carbocycles. The largest absolute Gasteiger partial charge is 0.481 e. The predicted octanol–water partition coefficient (Wildman–Crippen LogP) is 3.57. The Balaban J connectivity index is 2.90. The van der Waals surface area contributed by atoms with Crippen molar-refractivity contribution in [3.05, 3.63) is 33.8 Å². The van der Waals surface area contributed by atoms with Crippen molar-refractivity contribution in [1.82, 2.24) is 0 Å². The molecule has 0 saturated heterocycles. The van der Waals surface area contributed by atoms with Crippen LogP contribution in [0.5, 0.6) is 0 Å². The van der Waals surface area contributed by atoms with Crippen LogP contribution < -0.4 is 0 Å². The second-order valence-corrected chi connectivity index (χ2v) is 4.01. The fourth-order valence-electron chi connectivity index (χ4n) is 1.27. The van der Waals surface area contributed by atoms with Crippen molar-refractivity contribution < 1.29 is 9.90 Å². The summed E-state index contributed by atoms with van der Waals surface area (Å²) in [5.74, 6) is -0.930. The van der Waals surface area contributed by atoms with Gasteiger partial charge >= 0.3 is 5.97 Å². The number of carboxylic acids is 1. The Hall–Kier alpha value is -0.730. The molecule has 2 nitrogen and oxygen atoms in total. The van der Waals surface area contributed by atoms with E-state index < -0.39 is 5.97 Å². The fourth-order valence-corrected chi connectivity index (χ4v) is 1.87. The van der Waals surface area contributed by atoms with E-state index in [4.69, 9.17) is 28.3 Å². The highest BCUT2D eigenvalue weighted by Gasteiger charge is 2.13. The van der Waals surface area contributed by atoms with Crippen LogP contribution in [0.1, 0.15) is 24.8 Å². The molecule has 0 aliphatic rings. The van der Waals surface area contributed by atoms with Crippen molar-refractivity contribution >= 4 is 29.2 Å². The molecule has 0 spiro atoms. The molecule has 1 N–H and O–H groups in total. The summed E-state index contributed by atoms with van der Waals surface area (Å²) in [6.07, 6.45) is 0.0708. The van der Waals surface area contributed by atoms with Crippen molar-refractivity contribution in [3.63, 3.8) is 0 Å². The fraction of sp³-hybridized carbons (Fsp3) is 0.300. The predicted molar refractivity (Wildman–Crippen MR) is 57.1 cm³/mol. The van der Waals surface area contributed by atoms with Crippen molar-refractivity contribution in [3.8, 4) is 0 Å². The van der Waals surface area contributed by atoms with Crippen molar-refractivity contribution in [2.45, 2.75) is 19.3 Å². The molecule has 0 heterocycles. The average molecular weight is 233 g/mol. The summed E-state index contributed by atoms with van der Waals surface area (Å²) in [5.41, 5.74) is 0.818. The maximum Gasteiger partial charge on any atom is 0.303 e. The summed E-state index contributed by atoms with van der Waals surface area (Å²) in [6.45, 7) is 1.82. The van der Waals surface area contributed by atoms with Crippen molar-refractivity contribution in [1.29, 1.82) is 0 Å². The molecule has 4 heteroatoms. The van der Waals surface area contributed by atoms with Gasteiger partial charge in [0.25, 0.3) is 0 Å². The van der Waals surface area contributed by atoms with Crippen LogP contribution in [-0.2, 0) is 4.79 Å². The summed E-state index contributed by atoms with van der Waals surface area (Å²) >= 11 is 11.7. The Morgan fingerprint density at radius 3 is 2.64 bits per heavy atom. The lowest BCUT2D eigenvalue weighted by Crippen LogP contribution is -2.03. The molecule has 1 unspecified atom stereocenters. The van der Waals surface area contributed by atoms with Crippen LogP contribution in [0.3, 0.4) is 0 Å². The van der Waals surface area contributed by atoms with E-state index in [2.05, 4.69) is 0 Å². The van der Waals surface area contributed by atoms with Gasteiger partial charge < -0.3 is 5.11 Å². The van der Waals surface area contributed by atoms with Gasteiger partial charge in [0, 0.05) is 10.0 Å². The molecule has 0 fully saturated rings. The normalized spacial score (nSPS) is 12.5. The molecule has 76 valence electrons. The third kappa shape index (κ3) is 2.89. The van der Waals surface area contributed by atoms with Crippen LogP contribution in [-0.4, -0.2) is 11.1 Å². The topological polar surface area (TPSA) is 37.3 Å². The van der Waals surface area contributed by atoms with Crippen LogP contribution in [0.15, 0.2) is 18.2 Å². The van der Waals surface area contributed by atoms with Crippen molar-refractivity contribution in [2.75, 3.05) is 0 Å². The standard InChI is InChI=1S/C10H10Cl2O2/c1-6(4-10(13)14)8-3-2-7(11)5-9(8)12/h2-3,5-6H,4H2,1H3,(H,13,14). The minimum Gasteiger partial charge on any atom is -0.481 e. The van der Waals surface area contributed by atoms with Crippen LogP contribution in [0.25, 0.3) is 0 Å². The van der Waals surface area contributed by atoms with E-state index in [0.29, 0.717) is 10.0 Å².